The maximum Gasteiger partial charge on any atom is 0.123 e. The molecule has 3 heteroatoms. The van der Waals surface area contributed by atoms with E-state index in [9.17, 15) is 4.39 Å². The van der Waals surface area contributed by atoms with Crippen LogP contribution in [0.15, 0.2) is 24.3 Å². The van der Waals surface area contributed by atoms with Crippen molar-refractivity contribution in [2.45, 2.75) is 25.3 Å². The summed E-state index contributed by atoms with van der Waals surface area (Å²) in [6.07, 6.45) is 3.43. The molecule has 1 aliphatic rings. The van der Waals surface area contributed by atoms with Gasteiger partial charge in [0.1, 0.15) is 5.82 Å². The summed E-state index contributed by atoms with van der Waals surface area (Å²) in [5.41, 5.74) is 1.07. The number of likely N-dealkylation sites (N-methyl/N-ethyl adjacent to an activating group) is 1. The number of hydrogen-bond donors (Lipinski definition) is 1. The third kappa shape index (κ3) is 4.10. The van der Waals surface area contributed by atoms with Gasteiger partial charge in [-0.05, 0) is 57.1 Å². The second kappa shape index (κ2) is 6.12. The van der Waals surface area contributed by atoms with E-state index in [0.717, 1.165) is 25.1 Å². The summed E-state index contributed by atoms with van der Waals surface area (Å²) < 4.78 is 13.0. The SMILES string of the molecule is CN1CCCC(NCCc2cccc(F)c2)C1. The highest BCUT2D eigenvalue weighted by Crippen LogP contribution is 2.08. The van der Waals surface area contributed by atoms with Crippen molar-refractivity contribution in [3.05, 3.63) is 35.6 Å². The number of benzene rings is 1. The zero-order chi connectivity index (χ0) is 12.1. The third-order valence-electron chi connectivity index (χ3n) is 3.36. The molecule has 1 aliphatic heterocycles. The van der Waals surface area contributed by atoms with Crippen LogP contribution in [0.3, 0.4) is 0 Å². The van der Waals surface area contributed by atoms with Crippen molar-refractivity contribution >= 4 is 0 Å². The summed E-state index contributed by atoms with van der Waals surface area (Å²) in [6.45, 7) is 3.27. The quantitative estimate of drug-likeness (QED) is 0.860. The number of halogens is 1. The standard InChI is InChI=1S/C14H21FN2/c1-17-9-3-6-14(11-17)16-8-7-12-4-2-5-13(15)10-12/h2,4-5,10,14,16H,3,6-9,11H2,1H3. The largest absolute Gasteiger partial charge is 0.312 e. The van der Waals surface area contributed by atoms with Crippen LogP contribution in [-0.4, -0.2) is 37.6 Å². The highest BCUT2D eigenvalue weighted by atomic mass is 19.1. The monoisotopic (exact) mass is 236 g/mol. The fraction of sp³-hybridized carbons (Fsp3) is 0.571. The Morgan fingerprint density at radius 3 is 3.12 bits per heavy atom. The van der Waals surface area contributed by atoms with Gasteiger partial charge in [-0.1, -0.05) is 12.1 Å². The fourth-order valence-electron chi connectivity index (χ4n) is 2.45. The maximum absolute atomic E-state index is 13.0. The normalized spacial score (nSPS) is 21.6. The van der Waals surface area contributed by atoms with Crippen LogP contribution in [0.5, 0.6) is 0 Å². The Morgan fingerprint density at radius 1 is 1.47 bits per heavy atom. The van der Waals surface area contributed by atoms with Crippen LogP contribution in [0.1, 0.15) is 18.4 Å². The fourth-order valence-corrected chi connectivity index (χ4v) is 2.45. The molecule has 17 heavy (non-hydrogen) atoms. The minimum atomic E-state index is -0.139. The zero-order valence-electron chi connectivity index (χ0n) is 10.5. The van der Waals surface area contributed by atoms with Gasteiger partial charge in [-0.2, -0.15) is 0 Å². The highest BCUT2D eigenvalue weighted by Gasteiger charge is 2.15. The maximum atomic E-state index is 13.0. The van der Waals surface area contributed by atoms with Gasteiger partial charge in [0.2, 0.25) is 0 Å². The molecule has 0 aliphatic carbocycles. The number of piperidine rings is 1. The highest BCUT2D eigenvalue weighted by molar-refractivity contribution is 5.16. The van der Waals surface area contributed by atoms with Crippen molar-refractivity contribution < 1.29 is 4.39 Å². The van der Waals surface area contributed by atoms with Crippen molar-refractivity contribution in [1.29, 1.82) is 0 Å². The lowest BCUT2D eigenvalue weighted by Gasteiger charge is -2.30. The Labute approximate surface area is 103 Å². The first kappa shape index (κ1) is 12.5. The van der Waals surface area contributed by atoms with E-state index in [4.69, 9.17) is 0 Å². The smallest absolute Gasteiger partial charge is 0.123 e. The lowest BCUT2D eigenvalue weighted by atomic mass is 10.1. The molecule has 1 aromatic rings. The number of likely N-dealkylation sites (tertiary alicyclic amines) is 1. The average molecular weight is 236 g/mol. The lowest BCUT2D eigenvalue weighted by Crippen LogP contribution is -2.44. The van der Waals surface area contributed by atoms with Crippen molar-refractivity contribution in [3.63, 3.8) is 0 Å². The Kier molecular flexibility index (Phi) is 4.51. The van der Waals surface area contributed by atoms with Gasteiger partial charge in [-0.15, -0.1) is 0 Å². The summed E-state index contributed by atoms with van der Waals surface area (Å²) in [5, 5.41) is 3.56. The van der Waals surface area contributed by atoms with E-state index < -0.39 is 0 Å². The first-order valence-electron chi connectivity index (χ1n) is 6.40. The van der Waals surface area contributed by atoms with Crippen molar-refractivity contribution in [1.82, 2.24) is 10.2 Å². The second-order valence-electron chi connectivity index (χ2n) is 4.94. The van der Waals surface area contributed by atoms with E-state index in [2.05, 4.69) is 17.3 Å². The molecule has 1 unspecified atom stereocenters. The van der Waals surface area contributed by atoms with Crippen LogP contribution >= 0.6 is 0 Å². The van der Waals surface area contributed by atoms with E-state index >= 15 is 0 Å². The Hall–Kier alpha value is -0.930. The van der Waals surface area contributed by atoms with Gasteiger partial charge >= 0.3 is 0 Å². The summed E-state index contributed by atoms with van der Waals surface area (Å²) >= 11 is 0. The van der Waals surface area contributed by atoms with Crippen LogP contribution in [-0.2, 0) is 6.42 Å². The Balaban J connectivity index is 1.72. The number of nitrogens with zero attached hydrogens (tertiary/aromatic N) is 1. The van der Waals surface area contributed by atoms with E-state index in [1.165, 1.54) is 25.5 Å². The average Bonchev–Trinajstić information content (AvgIpc) is 2.29. The topological polar surface area (TPSA) is 15.3 Å². The molecular formula is C14H21FN2. The Bertz CT molecular complexity index is 354. The van der Waals surface area contributed by atoms with Gasteiger partial charge < -0.3 is 10.2 Å². The number of hydrogen-bond acceptors (Lipinski definition) is 2. The third-order valence-corrected chi connectivity index (χ3v) is 3.36. The van der Waals surface area contributed by atoms with Gasteiger partial charge in [0, 0.05) is 12.6 Å². The van der Waals surface area contributed by atoms with Gasteiger partial charge in [0.15, 0.2) is 0 Å². The molecule has 1 aromatic carbocycles. The summed E-state index contributed by atoms with van der Waals surface area (Å²) in [7, 11) is 2.17. The minimum absolute atomic E-state index is 0.139. The summed E-state index contributed by atoms with van der Waals surface area (Å²) in [6, 6.07) is 7.47. The summed E-state index contributed by atoms with van der Waals surface area (Å²) in [5.74, 6) is -0.139. The molecule has 94 valence electrons. The molecule has 0 bridgehead atoms. The van der Waals surface area contributed by atoms with Gasteiger partial charge in [-0.25, -0.2) is 4.39 Å². The first-order valence-corrected chi connectivity index (χ1v) is 6.40. The molecule has 1 N–H and O–H groups in total. The number of rotatable bonds is 4. The lowest BCUT2D eigenvalue weighted by molar-refractivity contribution is 0.228. The van der Waals surface area contributed by atoms with Crippen molar-refractivity contribution in [2.75, 3.05) is 26.7 Å². The molecule has 1 atom stereocenters. The van der Waals surface area contributed by atoms with E-state index in [0.29, 0.717) is 6.04 Å². The van der Waals surface area contributed by atoms with Crippen LogP contribution in [0.25, 0.3) is 0 Å². The molecule has 0 saturated carbocycles. The molecule has 2 rings (SSSR count). The summed E-state index contributed by atoms with van der Waals surface area (Å²) in [4.78, 5) is 2.36. The molecule has 1 saturated heterocycles. The first-order chi connectivity index (χ1) is 8.24. The Morgan fingerprint density at radius 2 is 2.35 bits per heavy atom. The van der Waals surface area contributed by atoms with Gasteiger partial charge in [0.05, 0.1) is 0 Å². The second-order valence-corrected chi connectivity index (χ2v) is 4.94. The van der Waals surface area contributed by atoms with Crippen LogP contribution in [0.2, 0.25) is 0 Å². The minimum Gasteiger partial charge on any atom is -0.312 e. The molecular weight excluding hydrogens is 215 g/mol. The molecule has 1 heterocycles. The van der Waals surface area contributed by atoms with Crippen molar-refractivity contribution in [3.8, 4) is 0 Å². The predicted molar refractivity (Wildman–Crippen MR) is 68.6 cm³/mol. The molecule has 2 nitrogen and oxygen atoms in total. The molecule has 0 radical (unpaired) electrons. The van der Waals surface area contributed by atoms with Gasteiger partial charge in [-0.3, -0.25) is 0 Å². The molecule has 0 aromatic heterocycles. The molecule has 1 fully saturated rings. The van der Waals surface area contributed by atoms with E-state index in [1.807, 2.05) is 6.07 Å². The van der Waals surface area contributed by atoms with E-state index in [1.54, 1.807) is 12.1 Å². The van der Waals surface area contributed by atoms with Crippen LogP contribution < -0.4 is 5.32 Å². The van der Waals surface area contributed by atoms with Crippen LogP contribution in [0.4, 0.5) is 4.39 Å². The van der Waals surface area contributed by atoms with Crippen LogP contribution in [0, 0.1) is 5.82 Å². The predicted octanol–water partition coefficient (Wildman–Crippen LogP) is 2.05. The number of nitrogens with one attached hydrogen (secondary N) is 1. The zero-order valence-corrected chi connectivity index (χ0v) is 10.5. The van der Waals surface area contributed by atoms with E-state index in [-0.39, 0.29) is 5.82 Å². The van der Waals surface area contributed by atoms with Gasteiger partial charge in [0.25, 0.3) is 0 Å². The van der Waals surface area contributed by atoms with Crippen molar-refractivity contribution in [2.24, 2.45) is 0 Å². The molecule has 0 amide bonds. The molecule has 0 spiro atoms.